The number of aromatic nitrogens is 4. The molecule has 1 atom stereocenters. The Kier molecular flexibility index (Phi) is 5.99. The van der Waals surface area contributed by atoms with E-state index in [2.05, 4.69) is 32.7 Å². The average Bonchev–Trinajstić information content (AvgIpc) is 3.19. The van der Waals surface area contributed by atoms with Crippen molar-refractivity contribution in [2.24, 2.45) is 0 Å². The zero-order valence-corrected chi connectivity index (χ0v) is 17.8. The Morgan fingerprint density at radius 1 is 1.25 bits per heavy atom. The summed E-state index contributed by atoms with van der Waals surface area (Å²) < 4.78 is 1.79. The molecule has 10 nitrogen and oxygen atoms in total. The molecule has 0 spiro atoms. The number of carboxylic acid groups (broad SMARTS) is 1. The molecule has 11 heteroatoms. The van der Waals surface area contributed by atoms with E-state index in [9.17, 15) is 14.7 Å². The summed E-state index contributed by atoms with van der Waals surface area (Å²) in [4.78, 5) is 26.0. The lowest BCUT2D eigenvalue weighted by Gasteiger charge is -2.36. The molecule has 164 valence electrons. The first-order valence-electron chi connectivity index (χ1n) is 9.88. The molecule has 0 saturated heterocycles. The van der Waals surface area contributed by atoms with E-state index in [1.165, 1.54) is 4.68 Å². The lowest BCUT2D eigenvalue weighted by molar-refractivity contribution is -0.138. The number of rotatable bonds is 6. The predicted octanol–water partition coefficient (Wildman–Crippen LogP) is 3.36. The summed E-state index contributed by atoms with van der Waals surface area (Å²) in [6.45, 7) is 4.16. The minimum absolute atomic E-state index is 0.274. The molecule has 1 aromatic heterocycles. The fourth-order valence-electron chi connectivity index (χ4n) is 3.76. The minimum atomic E-state index is -0.853. The van der Waals surface area contributed by atoms with Crippen LogP contribution in [0.1, 0.15) is 12.0 Å². The van der Waals surface area contributed by atoms with E-state index in [1.807, 2.05) is 23.1 Å². The van der Waals surface area contributed by atoms with Crippen LogP contribution in [0.5, 0.6) is 0 Å². The van der Waals surface area contributed by atoms with Crippen molar-refractivity contribution >= 4 is 41.3 Å². The lowest BCUT2D eigenvalue weighted by atomic mass is 9.95. The van der Waals surface area contributed by atoms with Crippen LogP contribution in [0.3, 0.4) is 0 Å². The first-order valence-corrected chi connectivity index (χ1v) is 10.3. The van der Waals surface area contributed by atoms with Crippen LogP contribution in [0, 0.1) is 4.77 Å². The molecule has 1 unspecified atom stereocenters. The molecular weight excluding hydrogens is 430 g/mol. The number of hydrogen-bond donors (Lipinski definition) is 4. The van der Waals surface area contributed by atoms with Gasteiger partial charge in [-0.2, -0.15) is 5.21 Å². The molecule has 1 aliphatic heterocycles. The molecule has 4 rings (SSSR count). The molecule has 4 N–H and O–H groups in total. The number of hydrogen-bond acceptors (Lipinski definition) is 6. The van der Waals surface area contributed by atoms with Gasteiger partial charge in [0.15, 0.2) is 0 Å². The second-order valence-electron chi connectivity index (χ2n) is 7.22. The number of fused-ring (bicyclic) bond motifs is 1. The summed E-state index contributed by atoms with van der Waals surface area (Å²) in [5.74, 6) is -0.853. The maximum atomic E-state index is 12.5. The zero-order valence-electron chi connectivity index (χ0n) is 17.0. The van der Waals surface area contributed by atoms with E-state index in [1.54, 1.807) is 30.3 Å². The number of carbonyl (C=O) groups is 2. The third kappa shape index (κ3) is 4.37. The largest absolute Gasteiger partial charge is 0.480 e. The molecule has 32 heavy (non-hydrogen) atoms. The molecular formula is C21H21N7O3S. The Balaban J connectivity index is 1.48. The third-order valence-electron chi connectivity index (χ3n) is 5.15. The number of benzene rings is 2. The van der Waals surface area contributed by atoms with Gasteiger partial charge >= 0.3 is 12.0 Å². The summed E-state index contributed by atoms with van der Waals surface area (Å²) >= 11 is 5.10. The van der Waals surface area contributed by atoms with Crippen LogP contribution in [0.15, 0.2) is 55.1 Å². The van der Waals surface area contributed by atoms with Crippen molar-refractivity contribution in [3.63, 3.8) is 0 Å². The smallest absolute Gasteiger partial charge is 0.326 e. The number of urea groups is 1. The minimum Gasteiger partial charge on any atom is -0.480 e. The van der Waals surface area contributed by atoms with Gasteiger partial charge in [0.05, 0.1) is 5.69 Å². The highest BCUT2D eigenvalue weighted by Gasteiger charge is 2.30. The highest BCUT2D eigenvalue weighted by Crippen LogP contribution is 2.33. The van der Waals surface area contributed by atoms with Gasteiger partial charge in [-0.3, -0.25) is 0 Å². The highest BCUT2D eigenvalue weighted by molar-refractivity contribution is 7.71. The maximum Gasteiger partial charge on any atom is 0.326 e. The Hall–Kier alpha value is -3.99. The van der Waals surface area contributed by atoms with Crippen LogP contribution in [-0.2, 0) is 11.2 Å². The van der Waals surface area contributed by atoms with Crippen LogP contribution >= 0.6 is 12.2 Å². The number of aliphatic carboxylic acids is 1. The van der Waals surface area contributed by atoms with Gasteiger partial charge in [0.2, 0.25) is 4.77 Å². The number of nitrogens with zero attached hydrogens (tertiary/aromatic N) is 4. The first-order chi connectivity index (χ1) is 15.5. The second-order valence-corrected chi connectivity index (χ2v) is 7.59. The monoisotopic (exact) mass is 451 g/mol. The first kappa shape index (κ1) is 21.2. The summed E-state index contributed by atoms with van der Waals surface area (Å²) in [5, 5.41) is 25.2. The van der Waals surface area contributed by atoms with Gasteiger partial charge in [0.1, 0.15) is 6.04 Å². The predicted molar refractivity (Wildman–Crippen MR) is 123 cm³/mol. The number of carboxylic acids is 1. The summed E-state index contributed by atoms with van der Waals surface area (Å²) in [6, 6.07) is 11.5. The number of anilines is 3. The van der Waals surface area contributed by atoms with E-state index in [-0.39, 0.29) is 4.77 Å². The Morgan fingerprint density at radius 3 is 2.72 bits per heavy atom. The van der Waals surface area contributed by atoms with Crippen LogP contribution in [0.2, 0.25) is 0 Å². The topological polar surface area (TPSA) is 128 Å². The number of carbonyl (C=O) groups excluding carboxylic acids is 1. The Morgan fingerprint density at radius 2 is 2.03 bits per heavy atom. The fraction of sp³-hybridized carbons (Fsp3) is 0.190. The summed E-state index contributed by atoms with van der Waals surface area (Å²) in [5.41, 5.74) is 3.68. The van der Waals surface area contributed by atoms with Crippen LogP contribution in [0.25, 0.3) is 5.69 Å². The summed E-state index contributed by atoms with van der Waals surface area (Å²) in [6.07, 6.45) is 2.78. The van der Waals surface area contributed by atoms with Crippen LogP contribution in [0.4, 0.5) is 21.9 Å². The SMILES string of the molecule is C=CCN1c2ccc(NC(=O)Nc3cccc(-n4[nH]nnc4=S)c3)cc2CCC1C(=O)O. The van der Waals surface area contributed by atoms with Crippen molar-refractivity contribution in [2.45, 2.75) is 18.9 Å². The molecule has 3 aromatic rings. The Bertz CT molecular complexity index is 1240. The molecule has 2 heterocycles. The van der Waals surface area contributed by atoms with Crippen LogP contribution < -0.4 is 15.5 Å². The maximum absolute atomic E-state index is 12.5. The molecule has 0 fully saturated rings. The normalized spacial score (nSPS) is 15.0. The van der Waals surface area contributed by atoms with Crippen molar-refractivity contribution < 1.29 is 14.7 Å². The molecule has 0 aliphatic carbocycles. The molecule has 0 bridgehead atoms. The number of H-pyrrole nitrogens is 1. The van der Waals surface area contributed by atoms with Crippen molar-refractivity contribution in [2.75, 3.05) is 22.1 Å². The van der Waals surface area contributed by atoms with Gasteiger partial charge in [-0.1, -0.05) is 22.5 Å². The highest BCUT2D eigenvalue weighted by atomic mass is 32.1. The Labute approximate surface area is 188 Å². The number of aromatic amines is 1. The number of nitrogens with one attached hydrogen (secondary N) is 3. The van der Waals surface area contributed by atoms with E-state index in [0.717, 1.165) is 11.3 Å². The third-order valence-corrected chi connectivity index (χ3v) is 5.42. The van der Waals surface area contributed by atoms with E-state index in [4.69, 9.17) is 12.2 Å². The number of tetrazole rings is 1. The van der Waals surface area contributed by atoms with Crippen molar-refractivity contribution in [1.82, 2.24) is 20.2 Å². The van der Waals surface area contributed by atoms with Gasteiger partial charge in [-0.25, -0.2) is 14.3 Å². The quantitative estimate of drug-likeness (QED) is 0.334. The zero-order chi connectivity index (χ0) is 22.7. The number of aryl methyl sites for hydroxylation is 1. The van der Waals surface area contributed by atoms with E-state index < -0.39 is 18.0 Å². The van der Waals surface area contributed by atoms with Gasteiger partial charge in [0.25, 0.3) is 0 Å². The fourth-order valence-corrected chi connectivity index (χ4v) is 3.95. The molecule has 1 aliphatic rings. The van der Waals surface area contributed by atoms with Gasteiger partial charge in [-0.05, 0) is 67.0 Å². The molecule has 2 amide bonds. The van der Waals surface area contributed by atoms with Gasteiger partial charge < -0.3 is 20.6 Å². The molecule has 2 aromatic carbocycles. The standard InChI is InChI=1S/C21H21N7O3S/c1-2-10-27-17-9-7-15(11-13(17)6-8-18(27)19(29)30)23-20(31)22-14-4-3-5-16(12-14)28-21(32)24-25-26-28/h2-5,7,9,11-12,18H,1,6,8,10H2,(H,29,30)(H2,22,23,31)(H,24,26,32). The average molecular weight is 452 g/mol. The van der Waals surface area contributed by atoms with Gasteiger partial charge in [-0.15, -0.1) is 6.58 Å². The summed E-state index contributed by atoms with van der Waals surface area (Å²) in [7, 11) is 0. The van der Waals surface area contributed by atoms with Crippen molar-refractivity contribution in [3.05, 3.63) is 65.5 Å². The molecule has 0 radical (unpaired) electrons. The number of amides is 2. The second kappa shape index (κ2) is 9.02. The van der Waals surface area contributed by atoms with Crippen LogP contribution in [-0.4, -0.2) is 49.9 Å². The van der Waals surface area contributed by atoms with Crippen molar-refractivity contribution in [1.29, 1.82) is 0 Å². The van der Waals surface area contributed by atoms with E-state index >= 15 is 0 Å². The van der Waals surface area contributed by atoms with Gasteiger partial charge in [0, 0.05) is 23.6 Å². The van der Waals surface area contributed by atoms with E-state index in [0.29, 0.717) is 36.4 Å². The lowest BCUT2D eigenvalue weighted by Crippen LogP contribution is -2.44. The molecule has 0 saturated carbocycles. The van der Waals surface area contributed by atoms with Crippen molar-refractivity contribution in [3.8, 4) is 5.69 Å².